The minimum Gasteiger partial charge on any atom is -0.505 e. The molecule has 7 heteroatoms. The molecule has 0 spiro atoms. The normalized spacial score (nSPS) is 11.7. The second-order valence-electron chi connectivity index (χ2n) is 2.90. The molecule has 1 rings (SSSR count). The average molecular weight is 259 g/mol. The average Bonchev–Trinajstić information content (AvgIpc) is 2.29. The number of carbonyl (C=O) groups is 1. The Hall–Kier alpha value is -1.95. The molecule has 17 heavy (non-hydrogen) atoms. The van der Waals surface area contributed by atoms with Gasteiger partial charge in [0.15, 0.2) is 5.76 Å². The molecule has 0 aliphatic rings. The molecule has 0 atom stereocenters. The fourth-order valence-corrected chi connectivity index (χ4v) is 1.39. The quantitative estimate of drug-likeness (QED) is 0.378. The van der Waals surface area contributed by atoms with Crippen molar-refractivity contribution in [2.24, 2.45) is 5.11 Å². The Morgan fingerprint density at radius 1 is 1.59 bits per heavy atom. The SMILES string of the molecule is COC(=O)C(N=N)=C(O)c1c(F)cccc1Cl. The van der Waals surface area contributed by atoms with E-state index in [1.165, 1.54) is 12.1 Å². The molecule has 0 fully saturated rings. The van der Waals surface area contributed by atoms with E-state index in [-0.39, 0.29) is 5.02 Å². The topological polar surface area (TPSA) is 82.7 Å². The van der Waals surface area contributed by atoms with E-state index in [0.29, 0.717) is 0 Å². The second-order valence-corrected chi connectivity index (χ2v) is 3.30. The predicted octanol–water partition coefficient (Wildman–Crippen LogP) is 2.91. The van der Waals surface area contributed by atoms with Crippen molar-refractivity contribution >= 4 is 23.3 Å². The molecule has 5 nitrogen and oxygen atoms in total. The number of hydrogen-bond donors (Lipinski definition) is 2. The first-order valence-corrected chi connectivity index (χ1v) is 4.74. The molecule has 0 radical (unpaired) electrons. The van der Waals surface area contributed by atoms with Crippen LogP contribution in [-0.4, -0.2) is 18.2 Å². The van der Waals surface area contributed by atoms with E-state index in [2.05, 4.69) is 9.85 Å². The van der Waals surface area contributed by atoms with Crippen molar-refractivity contribution in [3.8, 4) is 0 Å². The van der Waals surface area contributed by atoms with Crippen molar-refractivity contribution in [3.05, 3.63) is 40.3 Å². The molecule has 1 aromatic rings. The van der Waals surface area contributed by atoms with Crippen LogP contribution in [0.4, 0.5) is 4.39 Å². The summed E-state index contributed by atoms with van der Waals surface area (Å²) >= 11 is 5.68. The number of esters is 1. The van der Waals surface area contributed by atoms with E-state index < -0.39 is 28.8 Å². The molecule has 2 N–H and O–H groups in total. The molecule has 0 heterocycles. The zero-order valence-electron chi connectivity index (χ0n) is 8.70. The number of halogens is 2. The zero-order valence-corrected chi connectivity index (χ0v) is 9.45. The highest BCUT2D eigenvalue weighted by atomic mass is 35.5. The van der Waals surface area contributed by atoms with Crippen molar-refractivity contribution in [3.63, 3.8) is 0 Å². The number of methoxy groups -OCH3 is 1. The van der Waals surface area contributed by atoms with Gasteiger partial charge >= 0.3 is 5.97 Å². The minimum atomic E-state index is -1.06. The highest BCUT2D eigenvalue weighted by molar-refractivity contribution is 6.32. The van der Waals surface area contributed by atoms with Crippen molar-refractivity contribution in [1.82, 2.24) is 0 Å². The molecule has 0 saturated carbocycles. The number of carbonyl (C=O) groups excluding carboxylic acids is 1. The van der Waals surface area contributed by atoms with E-state index in [0.717, 1.165) is 13.2 Å². The summed E-state index contributed by atoms with van der Waals surface area (Å²) in [6, 6.07) is 3.72. The number of benzene rings is 1. The van der Waals surface area contributed by atoms with E-state index in [9.17, 15) is 14.3 Å². The van der Waals surface area contributed by atoms with Crippen molar-refractivity contribution in [2.75, 3.05) is 7.11 Å². The predicted molar refractivity (Wildman–Crippen MR) is 58.1 cm³/mol. The molecule has 0 bridgehead atoms. The lowest BCUT2D eigenvalue weighted by atomic mass is 10.1. The van der Waals surface area contributed by atoms with Crippen LogP contribution >= 0.6 is 11.6 Å². The van der Waals surface area contributed by atoms with E-state index >= 15 is 0 Å². The largest absolute Gasteiger partial charge is 0.505 e. The maximum Gasteiger partial charge on any atom is 0.362 e. The monoisotopic (exact) mass is 258 g/mol. The van der Waals surface area contributed by atoms with Gasteiger partial charge in [-0.15, -0.1) is 5.11 Å². The summed E-state index contributed by atoms with van der Waals surface area (Å²) in [6.45, 7) is 0. The van der Waals surface area contributed by atoms with Gasteiger partial charge in [-0.05, 0) is 12.1 Å². The summed E-state index contributed by atoms with van der Waals surface area (Å²) in [6.07, 6.45) is 0. The Bertz CT molecular complexity index is 482. The Kier molecular flexibility index (Phi) is 4.17. The molecule has 0 aliphatic heterocycles. The van der Waals surface area contributed by atoms with Gasteiger partial charge in [-0.2, -0.15) is 0 Å². The third kappa shape index (κ3) is 2.59. The Balaban J connectivity index is 3.45. The third-order valence-corrected chi connectivity index (χ3v) is 2.23. The van der Waals surface area contributed by atoms with Crippen molar-refractivity contribution < 1.29 is 19.0 Å². The molecule has 1 aromatic carbocycles. The lowest BCUT2D eigenvalue weighted by Crippen LogP contribution is -2.06. The number of hydrogen-bond acceptors (Lipinski definition) is 5. The Morgan fingerprint density at radius 3 is 2.71 bits per heavy atom. The maximum atomic E-state index is 13.4. The summed E-state index contributed by atoms with van der Waals surface area (Å²) < 4.78 is 17.7. The minimum absolute atomic E-state index is 0.104. The first kappa shape index (κ1) is 13.1. The highest BCUT2D eigenvalue weighted by Gasteiger charge is 2.21. The molecule has 0 aromatic heterocycles. The van der Waals surface area contributed by atoms with Gasteiger partial charge in [0, 0.05) is 0 Å². The van der Waals surface area contributed by atoms with Gasteiger partial charge in [-0.1, -0.05) is 17.7 Å². The number of nitrogens with zero attached hydrogens (tertiary/aromatic N) is 1. The number of ether oxygens (including phenoxy) is 1. The molecular formula is C10H8ClFN2O3. The zero-order chi connectivity index (χ0) is 13.0. The van der Waals surface area contributed by atoms with Crippen LogP contribution in [-0.2, 0) is 9.53 Å². The molecule has 0 unspecified atom stereocenters. The summed E-state index contributed by atoms with van der Waals surface area (Å²) in [5.74, 6) is -2.73. The van der Waals surface area contributed by atoms with Crippen LogP contribution in [0.5, 0.6) is 0 Å². The number of aliphatic hydroxyl groups excluding tert-OH is 1. The molecule has 0 aliphatic carbocycles. The van der Waals surface area contributed by atoms with Gasteiger partial charge in [0.25, 0.3) is 0 Å². The van der Waals surface area contributed by atoms with E-state index in [4.69, 9.17) is 17.1 Å². The van der Waals surface area contributed by atoms with Crippen molar-refractivity contribution in [2.45, 2.75) is 0 Å². The van der Waals surface area contributed by atoms with Crippen LogP contribution in [0, 0.1) is 11.3 Å². The molecule has 90 valence electrons. The second kappa shape index (κ2) is 5.40. The van der Waals surface area contributed by atoms with Crippen LogP contribution in [0.2, 0.25) is 5.02 Å². The number of aliphatic hydroxyl groups is 1. The molecule has 0 amide bonds. The standard InChI is InChI=1S/C10H8ClFN2O3/c1-17-10(16)8(14-13)9(15)7-5(11)3-2-4-6(7)12/h2-4,13,15H,1H3. The van der Waals surface area contributed by atoms with E-state index in [1.807, 2.05) is 0 Å². The third-order valence-electron chi connectivity index (χ3n) is 1.91. The molecular weight excluding hydrogens is 251 g/mol. The molecule has 0 saturated heterocycles. The summed E-state index contributed by atoms with van der Waals surface area (Å²) in [4.78, 5) is 11.2. The first-order valence-electron chi connectivity index (χ1n) is 4.36. The van der Waals surface area contributed by atoms with E-state index in [1.54, 1.807) is 0 Å². The van der Waals surface area contributed by atoms with Crippen LogP contribution in [0.25, 0.3) is 5.76 Å². The summed E-state index contributed by atoms with van der Waals surface area (Å²) in [5.41, 5.74) is 5.63. The van der Waals surface area contributed by atoms with Crippen LogP contribution < -0.4 is 0 Å². The highest BCUT2D eigenvalue weighted by Crippen LogP contribution is 2.27. The van der Waals surface area contributed by atoms with Gasteiger partial charge in [0.1, 0.15) is 5.82 Å². The fraction of sp³-hybridized carbons (Fsp3) is 0.100. The number of rotatable bonds is 3. The fourth-order valence-electron chi connectivity index (χ4n) is 1.13. The van der Waals surface area contributed by atoms with Gasteiger partial charge in [0.05, 0.1) is 17.7 Å². The van der Waals surface area contributed by atoms with Crippen LogP contribution in [0.15, 0.2) is 29.0 Å². The lowest BCUT2D eigenvalue weighted by Gasteiger charge is -2.06. The first-order chi connectivity index (χ1) is 8.02. The van der Waals surface area contributed by atoms with Crippen molar-refractivity contribution in [1.29, 1.82) is 5.53 Å². The Morgan fingerprint density at radius 2 is 2.24 bits per heavy atom. The van der Waals surface area contributed by atoms with Gasteiger partial charge in [-0.25, -0.2) is 14.7 Å². The summed E-state index contributed by atoms with van der Waals surface area (Å²) in [7, 11) is 1.05. The van der Waals surface area contributed by atoms with Gasteiger partial charge in [-0.3, -0.25) is 0 Å². The maximum absolute atomic E-state index is 13.4. The van der Waals surface area contributed by atoms with Crippen LogP contribution in [0.3, 0.4) is 0 Å². The number of nitrogens with one attached hydrogen (secondary N) is 1. The lowest BCUT2D eigenvalue weighted by molar-refractivity contribution is -0.136. The smallest absolute Gasteiger partial charge is 0.362 e. The van der Waals surface area contributed by atoms with Gasteiger partial charge < -0.3 is 9.84 Å². The van der Waals surface area contributed by atoms with Crippen LogP contribution in [0.1, 0.15) is 5.56 Å². The van der Waals surface area contributed by atoms with Gasteiger partial charge in [0.2, 0.25) is 5.70 Å². The summed E-state index contributed by atoms with van der Waals surface area (Å²) in [5, 5.41) is 12.4. The Labute approximate surface area is 101 Å².